The average molecular weight is 332 g/mol. The van der Waals surface area contributed by atoms with E-state index in [0.717, 1.165) is 9.35 Å². The molecule has 2 rings (SSSR count). The zero-order chi connectivity index (χ0) is 12.4. The van der Waals surface area contributed by atoms with Gasteiger partial charge in [0.2, 0.25) is 0 Å². The van der Waals surface area contributed by atoms with Crippen molar-refractivity contribution in [2.75, 3.05) is 5.32 Å². The Morgan fingerprint density at radius 3 is 2.82 bits per heavy atom. The summed E-state index contributed by atoms with van der Waals surface area (Å²) in [5.41, 5.74) is 1.44. The Hall–Kier alpha value is -0.910. The molecule has 88 valence electrons. The van der Waals surface area contributed by atoms with Crippen LogP contribution in [0.5, 0.6) is 0 Å². The molecule has 0 atom stereocenters. The van der Waals surface area contributed by atoms with Crippen LogP contribution in [0.4, 0.5) is 5.69 Å². The molecule has 0 bridgehead atoms. The van der Waals surface area contributed by atoms with Crippen molar-refractivity contribution < 1.29 is 4.79 Å². The van der Waals surface area contributed by atoms with Crippen molar-refractivity contribution in [3.8, 4) is 0 Å². The summed E-state index contributed by atoms with van der Waals surface area (Å²) in [7, 11) is 0. The maximum Gasteiger partial charge on any atom is 0.265 e. The second-order valence-corrected chi connectivity index (χ2v) is 6.17. The molecule has 0 unspecified atom stereocenters. The molecule has 0 aliphatic heterocycles. The van der Waals surface area contributed by atoms with Crippen LogP contribution < -0.4 is 5.32 Å². The third-order valence-corrected chi connectivity index (χ3v) is 4.06. The summed E-state index contributed by atoms with van der Waals surface area (Å²) in [6.07, 6.45) is 1.61. The second kappa shape index (κ2) is 5.16. The number of aromatic nitrogens is 1. The Bertz CT molecular complexity index is 550. The highest BCUT2D eigenvalue weighted by Gasteiger charge is 2.12. The minimum Gasteiger partial charge on any atom is -0.318 e. The zero-order valence-corrected chi connectivity index (χ0v) is 12.0. The quantitative estimate of drug-likeness (QED) is 0.841. The largest absolute Gasteiger partial charge is 0.318 e. The summed E-state index contributed by atoms with van der Waals surface area (Å²) in [6, 6.07) is 5.38. The third kappa shape index (κ3) is 2.86. The molecule has 0 saturated carbocycles. The molecular weight excluding hydrogens is 324 g/mol. The summed E-state index contributed by atoms with van der Waals surface area (Å²) in [5, 5.41) is 3.06. The number of rotatable bonds is 2. The van der Waals surface area contributed by atoms with Crippen LogP contribution >= 0.6 is 38.9 Å². The molecule has 2 heterocycles. The number of hydrogen-bond acceptors (Lipinski definition) is 3. The first-order valence-corrected chi connectivity index (χ1v) is 6.74. The van der Waals surface area contributed by atoms with Crippen LogP contribution in [0.2, 0.25) is 5.15 Å². The van der Waals surface area contributed by atoms with Gasteiger partial charge in [-0.25, -0.2) is 4.98 Å². The van der Waals surface area contributed by atoms with Crippen molar-refractivity contribution in [3.05, 3.63) is 43.8 Å². The highest BCUT2D eigenvalue weighted by Crippen LogP contribution is 2.26. The van der Waals surface area contributed by atoms with Crippen molar-refractivity contribution in [1.29, 1.82) is 0 Å². The van der Waals surface area contributed by atoms with Crippen LogP contribution in [-0.2, 0) is 0 Å². The van der Waals surface area contributed by atoms with E-state index in [9.17, 15) is 4.79 Å². The predicted molar refractivity (Wildman–Crippen MR) is 74.0 cm³/mol. The van der Waals surface area contributed by atoms with E-state index < -0.39 is 0 Å². The highest BCUT2D eigenvalue weighted by atomic mass is 79.9. The molecule has 0 radical (unpaired) electrons. The SMILES string of the molecule is Cc1ccnc(Cl)c1NC(=O)c1ccc(Br)s1. The molecule has 17 heavy (non-hydrogen) atoms. The number of amides is 1. The Morgan fingerprint density at radius 2 is 2.24 bits per heavy atom. The maximum absolute atomic E-state index is 11.9. The summed E-state index contributed by atoms with van der Waals surface area (Å²) in [5.74, 6) is -0.182. The monoisotopic (exact) mass is 330 g/mol. The lowest BCUT2D eigenvalue weighted by molar-refractivity contribution is 0.103. The van der Waals surface area contributed by atoms with Gasteiger partial charge in [-0.3, -0.25) is 4.79 Å². The maximum atomic E-state index is 11.9. The normalized spacial score (nSPS) is 10.3. The average Bonchev–Trinajstić information content (AvgIpc) is 2.70. The molecule has 3 nitrogen and oxygen atoms in total. The number of hydrogen-bond donors (Lipinski definition) is 1. The molecule has 0 aromatic carbocycles. The van der Waals surface area contributed by atoms with Gasteiger partial charge >= 0.3 is 0 Å². The first-order chi connectivity index (χ1) is 8.08. The van der Waals surface area contributed by atoms with Gasteiger partial charge in [0.15, 0.2) is 5.15 Å². The minimum atomic E-state index is -0.182. The fraction of sp³-hybridized carbons (Fsp3) is 0.0909. The summed E-state index contributed by atoms with van der Waals surface area (Å²) in [4.78, 5) is 16.5. The number of pyridine rings is 1. The minimum absolute atomic E-state index is 0.182. The van der Waals surface area contributed by atoms with E-state index in [1.165, 1.54) is 11.3 Å². The highest BCUT2D eigenvalue weighted by molar-refractivity contribution is 9.11. The lowest BCUT2D eigenvalue weighted by Crippen LogP contribution is -2.11. The zero-order valence-electron chi connectivity index (χ0n) is 8.83. The van der Waals surface area contributed by atoms with E-state index in [1.807, 2.05) is 13.0 Å². The number of aryl methyl sites for hydroxylation is 1. The van der Waals surface area contributed by atoms with Crippen LogP contribution in [0.3, 0.4) is 0 Å². The van der Waals surface area contributed by atoms with E-state index in [0.29, 0.717) is 15.7 Å². The number of nitrogens with zero attached hydrogens (tertiary/aromatic N) is 1. The third-order valence-electron chi connectivity index (χ3n) is 2.15. The second-order valence-electron chi connectivity index (χ2n) is 3.35. The molecule has 0 fully saturated rings. The fourth-order valence-electron chi connectivity index (χ4n) is 1.29. The van der Waals surface area contributed by atoms with Gasteiger partial charge in [-0.05, 0) is 46.6 Å². The van der Waals surface area contributed by atoms with E-state index >= 15 is 0 Å². The van der Waals surface area contributed by atoms with Gasteiger partial charge in [-0.2, -0.15) is 0 Å². The molecule has 6 heteroatoms. The Labute approximate surface area is 116 Å². The van der Waals surface area contributed by atoms with Gasteiger partial charge in [0.25, 0.3) is 5.91 Å². The number of nitrogens with one attached hydrogen (secondary N) is 1. The van der Waals surface area contributed by atoms with Crippen molar-refractivity contribution in [2.24, 2.45) is 0 Å². The number of carbonyl (C=O) groups excluding carboxylic acids is 1. The Kier molecular flexibility index (Phi) is 3.81. The number of carbonyl (C=O) groups is 1. The predicted octanol–water partition coefficient (Wildman–Crippen LogP) is 4.12. The number of halogens is 2. The standard InChI is InChI=1S/C11H8BrClN2OS/c1-6-4-5-14-10(13)9(6)15-11(16)7-2-3-8(12)17-7/h2-5H,1H3,(H,15,16). The van der Waals surface area contributed by atoms with Crippen molar-refractivity contribution in [2.45, 2.75) is 6.92 Å². The molecule has 1 N–H and O–H groups in total. The lowest BCUT2D eigenvalue weighted by Gasteiger charge is -2.08. The number of anilines is 1. The molecule has 0 aliphatic rings. The Balaban J connectivity index is 2.24. The van der Waals surface area contributed by atoms with Crippen LogP contribution in [0.25, 0.3) is 0 Å². The molecular formula is C11H8BrClN2OS. The topological polar surface area (TPSA) is 42.0 Å². The van der Waals surface area contributed by atoms with Crippen molar-refractivity contribution >= 4 is 50.5 Å². The van der Waals surface area contributed by atoms with Crippen LogP contribution in [-0.4, -0.2) is 10.9 Å². The fourth-order valence-corrected chi connectivity index (χ4v) is 2.82. The van der Waals surface area contributed by atoms with Gasteiger partial charge in [-0.1, -0.05) is 11.6 Å². The lowest BCUT2D eigenvalue weighted by atomic mass is 10.2. The van der Waals surface area contributed by atoms with Crippen molar-refractivity contribution in [3.63, 3.8) is 0 Å². The summed E-state index contributed by atoms with van der Waals surface area (Å²) < 4.78 is 0.914. The molecule has 0 aliphatic carbocycles. The van der Waals surface area contributed by atoms with E-state index in [1.54, 1.807) is 18.3 Å². The van der Waals surface area contributed by atoms with E-state index in [-0.39, 0.29) is 5.91 Å². The number of thiophene rings is 1. The summed E-state index contributed by atoms with van der Waals surface area (Å²) in [6.45, 7) is 1.87. The molecule has 1 amide bonds. The first kappa shape index (κ1) is 12.5. The Morgan fingerprint density at radius 1 is 1.47 bits per heavy atom. The molecule has 0 saturated heterocycles. The van der Waals surface area contributed by atoms with Crippen LogP contribution in [0, 0.1) is 6.92 Å². The van der Waals surface area contributed by atoms with Gasteiger partial charge in [0.1, 0.15) is 0 Å². The molecule has 2 aromatic heterocycles. The smallest absolute Gasteiger partial charge is 0.265 e. The molecule has 0 spiro atoms. The molecule has 2 aromatic rings. The van der Waals surface area contributed by atoms with Crippen LogP contribution in [0.1, 0.15) is 15.2 Å². The van der Waals surface area contributed by atoms with Crippen molar-refractivity contribution in [1.82, 2.24) is 4.98 Å². The van der Waals surface area contributed by atoms with Gasteiger partial charge < -0.3 is 5.32 Å². The van der Waals surface area contributed by atoms with Crippen LogP contribution in [0.15, 0.2) is 28.2 Å². The van der Waals surface area contributed by atoms with Gasteiger partial charge in [-0.15, -0.1) is 11.3 Å². The first-order valence-electron chi connectivity index (χ1n) is 4.75. The van der Waals surface area contributed by atoms with Gasteiger partial charge in [0, 0.05) is 6.20 Å². The summed E-state index contributed by atoms with van der Waals surface area (Å²) >= 11 is 10.6. The van der Waals surface area contributed by atoms with E-state index in [2.05, 4.69) is 26.2 Å². The van der Waals surface area contributed by atoms with E-state index in [4.69, 9.17) is 11.6 Å². The van der Waals surface area contributed by atoms with Gasteiger partial charge in [0.05, 0.1) is 14.4 Å².